The van der Waals surface area contributed by atoms with Crippen LogP contribution in [0, 0.1) is 23.7 Å². The maximum atomic E-state index is 12.1. The van der Waals surface area contributed by atoms with Gasteiger partial charge < -0.3 is 58.6 Å². The molecule has 0 saturated carbocycles. The van der Waals surface area contributed by atoms with Gasteiger partial charge in [-0.15, -0.1) is 37.2 Å². The first-order valence-corrected chi connectivity index (χ1v) is 26.6. The second-order valence-electron chi connectivity index (χ2n) is 20.7. The summed E-state index contributed by atoms with van der Waals surface area (Å²) >= 11 is 0. The summed E-state index contributed by atoms with van der Waals surface area (Å²) in [7, 11) is 11.4. The van der Waals surface area contributed by atoms with Gasteiger partial charge in [-0.2, -0.15) is 0 Å². The summed E-state index contributed by atoms with van der Waals surface area (Å²) in [6, 6.07) is 18.4. The van der Waals surface area contributed by atoms with Gasteiger partial charge in [0.1, 0.15) is 5.78 Å². The highest BCUT2D eigenvalue weighted by atomic mass is 35.5. The van der Waals surface area contributed by atoms with Gasteiger partial charge in [0.05, 0.1) is 56.2 Å². The van der Waals surface area contributed by atoms with Crippen LogP contribution in [0.2, 0.25) is 0 Å². The Kier molecular flexibility index (Phi) is 22.4. The highest BCUT2D eigenvalue weighted by molar-refractivity contribution is 5.89. The monoisotopic (exact) mass is 1110 g/mol. The van der Waals surface area contributed by atoms with Crippen LogP contribution >= 0.6 is 37.2 Å². The zero-order valence-electron chi connectivity index (χ0n) is 45.3. The number of benzene rings is 4. The van der Waals surface area contributed by atoms with Crippen molar-refractivity contribution in [3.63, 3.8) is 0 Å². The number of carbonyl (C=O) groups is 2. The summed E-state index contributed by atoms with van der Waals surface area (Å²) in [6.07, 6.45) is 15.6. The molecule has 14 nitrogen and oxygen atoms in total. The summed E-state index contributed by atoms with van der Waals surface area (Å²) in [4.78, 5) is 23.5. The fourth-order valence-corrected chi connectivity index (χ4v) is 13.0. The molecular formula is C59H80Cl3N3O11. The molecule has 0 spiro atoms. The van der Waals surface area contributed by atoms with Crippen LogP contribution in [0.1, 0.15) is 89.5 Å². The van der Waals surface area contributed by atoms with E-state index in [0.29, 0.717) is 49.3 Å². The van der Waals surface area contributed by atoms with Crippen molar-refractivity contribution in [2.75, 3.05) is 76.2 Å². The largest absolute Gasteiger partial charge is 0.493 e. The number of fused-ring (bicyclic) bond motifs is 9. The summed E-state index contributed by atoms with van der Waals surface area (Å²) in [5, 5.41) is 11.0. The summed E-state index contributed by atoms with van der Waals surface area (Å²) < 4.78 is 48.3. The Bertz CT molecular complexity index is 2520. The topological polar surface area (TPSA) is 153 Å². The van der Waals surface area contributed by atoms with Crippen LogP contribution in [-0.2, 0) is 65.7 Å². The molecule has 0 bridgehead atoms. The highest BCUT2D eigenvalue weighted by Crippen LogP contribution is 2.45. The first kappa shape index (κ1) is 60.4. The lowest BCUT2D eigenvalue weighted by molar-refractivity contribution is -0.143. The molecule has 4 aliphatic heterocycles. The van der Waals surface area contributed by atoms with Crippen LogP contribution in [0.4, 0.5) is 0 Å². The summed E-state index contributed by atoms with van der Waals surface area (Å²) in [5.41, 5.74) is 10.3. The van der Waals surface area contributed by atoms with E-state index >= 15 is 0 Å². The number of methoxy groups -OCH3 is 7. The average Bonchev–Trinajstić information content (AvgIpc) is 3.93. The maximum Gasteiger partial charge on any atom is 0.306 e. The molecule has 12 rings (SSSR count). The molecule has 0 amide bonds. The van der Waals surface area contributed by atoms with Gasteiger partial charge in [0.25, 0.3) is 0 Å². The number of nitrogens with one attached hydrogen (secondary N) is 3. The number of halogens is 3. The van der Waals surface area contributed by atoms with Crippen molar-refractivity contribution < 1.29 is 52.2 Å². The highest BCUT2D eigenvalue weighted by Gasteiger charge is 2.37. The molecule has 3 N–H and O–H groups in total. The molecule has 3 saturated heterocycles. The fourth-order valence-electron chi connectivity index (χ4n) is 13.0. The molecule has 4 aromatic carbocycles. The van der Waals surface area contributed by atoms with Crippen molar-refractivity contribution in [1.29, 1.82) is 0 Å². The maximum absolute atomic E-state index is 12.1. The Labute approximate surface area is 468 Å². The molecule has 0 aromatic heterocycles. The lowest BCUT2D eigenvalue weighted by Crippen LogP contribution is -2.46. The van der Waals surface area contributed by atoms with Crippen LogP contribution in [0.5, 0.6) is 46.0 Å². The Balaban J connectivity index is 0.000000162. The van der Waals surface area contributed by atoms with Gasteiger partial charge in [0.2, 0.25) is 6.79 Å². The zero-order chi connectivity index (χ0) is 51.0. The predicted molar refractivity (Wildman–Crippen MR) is 301 cm³/mol. The number of rotatable bonds is 8. The molecule has 17 heteroatoms. The van der Waals surface area contributed by atoms with E-state index in [-0.39, 0.29) is 61.3 Å². The van der Waals surface area contributed by atoms with E-state index in [1.165, 1.54) is 98.6 Å². The molecule has 4 heterocycles. The van der Waals surface area contributed by atoms with Crippen molar-refractivity contribution in [2.45, 2.75) is 114 Å². The minimum absolute atomic E-state index is 0. The molecule has 7 atom stereocenters. The van der Waals surface area contributed by atoms with E-state index in [1.807, 2.05) is 18.2 Å². The van der Waals surface area contributed by atoms with Crippen LogP contribution in [-0.4, -0.2) is 106 Å². The van der Waals surface area contributed by atoms with E-state index < -0.39 is 0 Å². The minimum Gasteiger partial charge on any atom is -0.493 e. The third-order valence-electron chi connectivity index (χ3n) is 16.8. The van der Waals surface area contributed by atoms with Gasteiger partial charge in [-0.3, -0.25) is 9.59 Å². The van der Waals surface area contributed by atoms with Crippen LogP contribution < -0.4 is 53.8 Å². The smallest absolute Gasteiger partial charge is 0.306 e. The van der Waals surface area contributed by atoms with Crippen molar-refractivity contribution in [3.8, 4) is 46.0 Å². The third-order valence-corrected chi connectivity index (χ3v) is 16.8. The summed E-state index contributed by atoms with van der Waals surface area (Å²) in [6.45, 7) is 3.91. The minimum atomic E-state index is -0.367. The van der Waals surface area contributed by atoms with E-state index in [4.69, 9.17) is 37.9 Å². The van der Waals surface area contributed by atoms with E-state index in [1.54, 1.807) is 48.7 Å². The predicted octanol–water partition coefficient (Wildman–Crippen LogP) is 9.04. The van der Waals surface area contributed by atoms with Gasteiger partial charge in [0, 0.05) is 52.7 Å². The lowest BCUT2D eigenvalue weighted by Gasteiger charge is -2.38. The van der Waals surface area contributed by atoms with Gasteiger partial charge in [-0.1, -0.05) is 24.3 Å². The number of Topliss-reactive ketones (excluding diaryl/α,β-unsaturated/α-hetero) is 1. The molecule has 4 aliphatic carbocycles. The number of piperidine rings is 3. The molecule has 4 aromatic rings. The SMILES string of the molecule is COC(=O)CC1Cc2c(ccc(OC)c2OC)CC1=O.COc1ccc2c(c1OC)C[C@@H]1CCCN[C@H]1C2.COc1ccc2c(c1OC)C[C@H]1CCCN[C@@H]1C2.Cl.Cl.Cl.c1cc2c(c3c1C[C@H]1NCCC[C@@H]1C3)OCO2. The number of ketones is 1. The fraction of sp³-hybridized carbons (Fsp3) is 0.559. The zero-order valence-corrected chi connectivity index (χ0v) is 47.8. The van der Waals surface area contributed by atoms with Gasteiger partial charge in [-0.05, 0) is 167 Å². The van der Waals surface area contributed by atoms with Crippen LogP contribution in [0.25, 0.3) is 0 Å². The van der Waals surface area contributed by atoms with Crippen molar-refractivity contribution in [3.05, 3.63) is 93.0 Å². The van der Waals surface area contributed by atoms with Crippen molar-refractivity contribution in [1.82, 2.24) is 16.0 Å². The van der Waals surface area contributed by atoms with Gasteiger partial charge in [0.15, 0.2) is 46.0 Å². The van der Waals surface area contributed by atoms with Crippen LogP contribution in [0.15, 0.2) is 48.5 Å². The average molecular weight is 1110 g/mol. The second kappa shape index (κ2) is 28.2. The lowest BCUT2D eigenvalue weighted by atomic mass is 9.76. The molecular weight excluding hydrogens is 1030 g/mol. The van der Waals surface area contributed by atoms with Crippen molar-refractivity contribution in [2.24, 2.45) is 23.7 Å². The molecule has 76 heavy (non-hydrogen) atoms. The Morgan fingerprint density at radius 3 is 1.34 bits per heavy atom. The number of ether oxygens (including phenoxy) is 9. The Hall–Kier alpha value is -4.83. The standard InChI is InChI=1S/2C15H21NO2.C15H18O5.C14H17NO2.3ClH/c2*1-17-14-6-5-10-9-13-11(4-3-7-16-13)8-12(10)15(14)18-2;1-18-13-5-4-9-7-12(16)10(8-14(17)19-2)6-11(9)15(13)20-3;1-2-10-6-11-9(7-12(10)15-5-1)3-4-13-14(11)17-8-16-13;;;/h2*5-6,11,13,16H,3-4,7-9H2,1-2H3;4-5,10H,6-8H2,1-3H3;3-4,10,12,15H,1-2,5-8H2;3*1H/t2*11-,13-;;10-,12-;;;/m10.1.../s1. The number of hydrogen-bond acceptors (Lipinski definition) is 14. The summed E-state index contributed by atoms with van der Waals surface area (Å²) in [5.74, 6) is 8.49. The second-order valence-corrected chi connectivity index (χ2v) is 20.7. The van der Waals surface area contributed by atoms with E-state index in [0.717, 1.165) is 102 Å². The first-order valence-electron chi connectivity index (χ1n) is 26.6. The number of hydrogen-bond donors (Lipinski definition) is 3. The molecule has 0 radical (unpaired) electrons. The Morgan fingerprint density at radius 2 is 0.908 bits per heavy atom. The Morgan fingerprint density at radius 1 is 0.500 bits per heavy atom. The van der Waals surface area contributed by atoms with E-state index in [2.05, 4.69) is 45.0 Å². The van der Waals surface area contributed by atoms with E-state index in [9.17, 15) is 9.59 Å². The quantitative estimate of drug-likeness (QED) is 0.144. The number of esters is 1. The first-order chi connectivity index (χ1) is 35.7. The van der Waals surface area contributed by atoms with Gasteiger partial charge in [-0.25, -0.2) is 0 Å². The molecule has 8 aliphatic rings. The molecule has 418 valence electrons. The van der Waals surface area contributed by atoms with Crippen LogP contribution in [0.3, 0.4) is 0 Å². The molecule has 1 unspecified atom stereocenters. The molecule has 3 fully saturated rings. The normalized spacial score (nSPS) is 23.6. The number of carbonyl (C=O) groups excluding carboxylic acids is 2. The van der Waals surface area contributed by atoms with Gasteiger partial charge >= 0.3 is 5.97 Å². The third kappa shape index (κ3) is 13.2. The van der Waals surface area contributed by atoms with Crippen molar-refractivity contribution >= 4 is 49.0 Å².